The maximum absolute atomic E-state index is 12.1. The third kappa shape index (κ3) is 4.72. The van der Waals surface area contributed by atoms with Crippen LogP contribution < -0.4 is 5.32 Å². The topological polar surface area (TPSA) is 44.8 Å². The van der Waals surface area contributed by atoms with Crippen LogP contribution in [0.5, 0.6) is 0 Å². The van der Waals surface area contributed by atoms with Crippen LogP contribution in [0.25, 0.3) is 0 Å². The number of ether oxygens (including phenoxy) is 1. The standard InChI is InChI=1S/C15H31N3O2/c1-6-16-15(3,14(19)20-7-2)9-11-18-10-8-13(12-18)17(4)5/h13,16H,6-12H2,1-5H3. The molecule has 5 heteroatoms. The van der Waals surface area contributed by atoms with Crippen LogP contribution >= 0.6 is 0 Å². The van der Waals surface area contributed by atoms with Gasteiger partial charge in [-0.25, -0.2) is 0 Å². The van der Waals surface area contributed by atoms with Gasteiger partial charge < -0.3 is 19.9 Å². The molecule has 1 heterocycles. The Balaban J connectivity index is 2.49. The van der Waals surface area contributed by atoms with Crippen LogP contribution in [-0.2, 0) is 9.53 Å². The highest BCUT2D eigenvalue weighted by molar-refractivity contribution is 5.80. The first-order valence-electron chi connectivity index (χ1n) is 7.74. The Kier molecular flexibility index (Phi) is 6.92. The van der Waals surface area contributed by atoms with Crippen molar-refractivity contribution in [2.24, 2.45) is 0 Å². The van der Waals surface area contributed by atoms with E-state index in [9.17, 15) is 4.79 Å². The summed E-state index contributed by atoms with van der Waals surface area (Å²) < 4.78 is 5.21. The molecule has 1 N–H and O–H groups in total. The van der Waals surface area contributed by atoms with E-state index in [1.165, 1.54) is 6.42 Å². The largest absolute Gasteiger partial charge is 0.465 e. The molecule has 0 bridgehead atoms. The Morgan fingerprint density at radius 1 is 1.45 bits per heavy atom. The smallest absolute Gasteiger partial charge is 0.326 e. The SMILES string of the molecule is CCNC(C)(CCN1CCC(N(C)C)C1)C(=O)OCC. The van der Waals surface area contributed by atoms with Gasteiger partial charge in [0.1, 0.15) is 5.54 Å². The van der Waals surface area contributed by atoms with E-state index < -0.39 is 5.54 Å². The van der Waals surface area contributed by atoms with Gasteiger partial charge in [-0.15, -0.1) is 0 Å². The van der Waals surface area contributed by atoms with Crippen LogP contribution in [0.15, 0.2) is 0 Å². The number of likely N-dealkylation sites (tertiary alicyclic amines) is 1. The molecular weight excluding hydrogens is 254 g/mol. The Hall–Kier alpha value is -0.650. The average Bonchev–Trinajstić information content (AvgIpc) is 2.86. The third-order valence-corrected chi connectivity index (χ3v) is 4.20. The fourth-order valence-corrected chi connectivity index (χ4v) is 2.76. The van der Waals surface area contributed by atoms with Gasteiger partial charge >= 0.3 is 5.97 Å². The molecule has 0 saturated carbocycles. The number of hydrogen-bond acceptors (Lipinski definition) is 5. The van der Waals surface area contributed by atoms with Gasteiger partial charge in [-0.3, -0.25) is 4.79 Å². The normalized spacial score (nSPS) is 23.0. The molecule has 118 valence electrons. The van der Waals surface area contributed by atoms with Crippen molar-refractivity contribution in [1.29, 1.82) is 0 Å². The number of nitrogens with zero attached hydrogens (tertiary/aromatic N) is 2. The molecule has 5 nitrogen and oxygen atoms in total. The van der Waals surface area contributed by atoms with Crippen molar-refractivity contribution in [2.75, 3.05) is 46.9 Å². The first-order chi connectivity index (χ1) is 9.42. The van der Waals surface area contributed by atoms with Crippen LogP contribution in [0.4, 0.5) is 0 Å². The summed E-state index contributed by atoms with van der Waals surface area (Å²) in [4.78, 5) is 16.9. The fraction of sp³-hybridized carbons (Fsp3) is 0.933. The van der Waals surface area contributed by atoms with Gasteiger partial charge in [-0.1, -0.05) is 6.92 Å². The molecule has 1 saturated heterocycles. The molecule has 0 radical (unpaired) electrons. The summed E-state index contributed by atoms with van der Waals surface area (Å²) >= 11 is 0. The van der Waals surface area contributed by atoms with Crippen molar-refractivity contribution < 1.29 is 9.53 Å². The molecule has 20 heavy (non-hydrogen) atoms. The Morgan fingerprint density at radius 2 is 2.15 bits per heavy atom. The second-order valence-electron chi connectivity index (χ2n) is 6.04. The zero-order chi connectivity index (χ0) is 15.2. The summed E-state index contributed by atoms with van der Waals surface area (Å²) in [7, 11) is 4.27. The van der Waals surface area contributed by atoms with Crippen molar-refractivity contribution in [3.63, 3.8) is 0 Å². The molecule has 2 unspecified atom stereocenters. The quantitative estimate of drug-likeness (QED) is 0.673. The Bertz CT molecular complexity index is 309. The number of carbonyl (C=O) groups excluding carboxylic acids is 1. The van der Waals surface area contributed by atoms with E-state index in [4.69, 9.17) is 4.74 Å². The van der Waals surface area contributed by atoms with Crippen LogP contribution in [0.1, 0.15) is 33.6 Å². The summed E-state index contributed by atoms with van der Waals surface area (Å²) in [6, 6.07) is 0.642. The van der Waals surface area contributed by atoms with Crippen molar-refractivity contribution in [2.45, 2.75) is 45.2 Å². The number of likely N-dealkylation sites (N-methyl/N-ethyl adjacent to an activating group) is 2. The Labute approximate surface area is 123 Å². The second-order valence-corrected chi connectivity index (χ2v) is 6.04. The Morgan fingerprint density at radius 3 is 2.65 bits per heavy atom. The molecule has 0 aliphatic carbocycles. The fourth-order valence-electron chi connectivity index (χ4n) is 2.76. The summed E-state index contributed by atoms with van der Waals surface area (Å²) in [5.74, 6) is -0.134. The molecule has 0 aromatic heterocycles. The lowest BCUT2D eigenvalue weighted by atomic mass is 9.97. The number of carbonyl (C=O) groups is 1. The molecule has 1 rings (SSSR count). The lowest BCUT2D eigenvalue weighted by Gasteiger charge is -2.30. The predicted molar refractivity (Wildman–Crippen MR) is 81.9 cm³/mol. The first kappa shape index (κ1) is 17.4. The van der Waals surface area contributed by atoms with Gasteiger partial charge in [0, 0.05) is 19.1 Å². The van der Waals surface area contributed by atoms with Crippen molar-refractivity contribution in [3.05, 3.63) is 0 Å². The maximum atomic E-state index is 12.1. The highest BCUT2D eigenvalue weighted by Crippen LogP contribution is 2.18. The van der Waals surface area contributed by atoms with E-state index in [0.29, 0.717) is 12.6 Å². The van der Waals surface area contributed by atoms with Crippen LogP contribution in [0.2, 0.25) is 0 Å². The first-order valence-corrected chi connectivity index (χ1v) is 7.74. The molecule has 0 spiro atoms. The minimum Gasteiger partial charge on any atom is -0.465 e. The van der Waals surface area contributed by atoms with E-state index in [1.54, 1.807) is 0 Å². The number of hydrogen-bond donors (Lipinski definition) is 1. The van der Waals surface area contributed by atoms with Gasteiger partial charge in [0.05, 0.1) is 6.61 Å². The number of rotatable bonds is 8. The highest BCUT2D eigenvalue weighted by atomic mass is 16.5. The third-order valence-electron chi connectivity index (χ3n) is 4.20. The minimum atomic E-state index is -0.568. The van der Waals surface area contributed by atoms with Gasteiger partial charge in [-0.05, 0) is 53.9 Å². The predicted octanol–water partition coefficient (Wildman–Crippen LogP) is 0.944. The second kappa shape index (κ2) is 7.96. The highest BCUT2D eigenvalue weighted by Gasteiger charge is 2.35. The van der Waals surface area contributed by atoms with Crippen molar-refractivity contribution >= 4 is 5.97 Å². The van der Waals surface area contributed by atoms with E-state index in [2.05, 4.69) is 29.2 Å². The van der Waals surface area contributed by atoms with E-state index in [1.807, 2.05) is 20.8 Å². The molecule has 1 aliphatic heterocycles. The van der Waals surface area contributed by atoms with Gasteiger partial charge in [0.25, 0.3) is 0 Å². The molecule has 0 aromatic carbocycles. The van der Waals surface area contributed by atoms with Gasteiger partial charge in [-0.2, -0.15) is 0 Å². The van der Waals surface area contributed by atoms with Crippen molar-refractivity contribution in [3.8, 4) is 0 Å². The van der Waals surface area contributed by atoms with Gasteiger partial charge in [0.15, 0.2) is 0 Å². The zero-order valence-corrected chi connectivity index (χ0v) is 13.7. The molecule has 1 aliphatic rings. The van der Waals surface area contributed by atoms with E-state index in [-0.39, 0.29) is 5.97 Å². The van der Waals surface area contributed by atoms with E-state index >= 15 is 0 Å². The average molecular weight is 285 g/mol. The number of esters is 1. The number of nitrogens with one attached hydrogen (secondary N) is 1. The van der Waals surface area contributed by atoms with Gasteiger partial charge in [0.2, 0.25) is 0 Å². The summed E-state index contributed by atoms with van der Waals surface area (Å²) in [6.45, 7) is 10.2. The van der Waals surface area contributed by atoms with Crippen molar-refractivity contribution in [1.82, 2.24) is 15.1 Å². The lowest BCUT2D eigenvalue weighted by Crippen LogP contribution is -2.52. The summed E-state index contributed by atoms with van der Waals surface area (Å²) in [5, 5.41) is 3.29. The minimum absolute atomic E-state index is 0.134. The van der Waals surface area contributed by atoms with Crippen LogP contribution in [0.3, 0.4) is 0 Å². The monoisotopic (exact) mass is 285 g/mol. The molecular formula is C15H31N3O2. The summed E-state index contributed by atoms with van der Waals surface area (Å²) in [6.07, 6.45) is 2.00. The van der Waals surface area contributed by atoms with Crippen LogP contribution in [-0.4, -0.2) is 74.2 Å². The van der Waals surface area contributed by atoms with Crippen LogP contribution in [0, 0.1) is 0 Å². The molecule has 0 amide bonds. The molecule has 0 aromatic rings. The van der Waals surface area contributed by atoms with E-state index in [0.717, 1.165) is 32.6 Å². The zero-order valence-electron chi connectivity index (χ0n) is 13.7. The molecule has 2 atom stereocenters. The lowest BCUT2D eigenvalue weighted by molar-refractivity contribution is -0.151. The maximum Gasteiger partial charge on any atom is 0.326 e. The summed E-state index contributed by atoms with van der Waals surface area (Å²) in [5.41, 5.74) is -0.568. The molecule has 1 fully saturated rings.